The molecule has 0 atom stereocenters. The normalized spacial score (nSPS) is 10.2. The lowest BCUT2D eigenvalue weighted by Gasteiger charge is -2.08. The molecule has 0 heterocycles. The monoisotopic (exact) mass is 309 g/mol. The van der Waals surface area contributed by atoms with E-state index >= 15 is 0 Å². The molecule has 21 heavy (non-hydrogen) atoms. The molecule has 0 aliphatic carbocycles. The zero-order valence-electron chi connectivity index (χ0n) is 10.4. The standard InChI is InChI=1S/C14H9ClFNO4/c15-11-4-1-7(5-10(11)14(20)21)17-13(19)9-3-2-8(18)6-12(9)16/h1-6,18H,(H,17,19)(H,20,21). The van der Waals surface area contributed by atoms with Crippen LogP contribution in [0.3, 0.4) is 0 Å². The number of nitrogens with one attached hydrogen (secondary N) is 1. The van der Waals surface area contributed by atoms with Crippen LogP contribution < -0.4 is 5.32 Å². The number of carbonyl (C=O) groups is 2. The van der Waals surface area contributed by atoms with E-state index < -0.39 is 17.7 Å². The van der Waals surface area contributed by atoms with Gasteiger partial charge in [0.2, 0.25) is 0 Å². The molecule has 1 amide bonds. The van der Waals surface area contributed by atoms with E-state index in [9.17, 15) is 14.0 Å². The summed E-state index contributed by atoms with van der Waals surface area (Å²) < 4.78 is 13.5. The van der Waals surface area contributed by atoms with Crippen LogP contribution in [0.4, 0.5) is 10.1 Å². The van der Waals surface area contributed by atoms with Crippen molar-refractivity contribution in [1.29, 1.82) is 0 Å². The summed E-state index contributed by atoms with van der Waals surface area (Å²) >= 11 is 5.71. The molecule has 0 unspecified atom stereocenters. The van der Waals surface area contributed by atoms with Crippen LogP contribution in [0.25, 0.3) is 0 Å². The molecule has 7 heteroatoms. The molecular formula is C14H9ClFNO4. The Morgan fingerprint density at radius 1 is 1.10 bits per heavy atom. The number of anilines is 1. The molecule has 2 aromatic rings. The second-order valence-corrected chi connectivity index (χ2v) is 4.53. The molecule has 2 aromatic carbocycles. The van der Waals surface area contributed by atoms with E-state index in [2.05, 4.69) is 5.32 Å². The predicted molar refractivity (Wildman–Crippen MR) is 74.4 cm³/mol. The highest BCUT2D eigenvalue weighted by Crippen LogP contribution is 2.22. The van der Waals surface area contributed by atoms with Crippen LogP contribution in [0.1, 0.15) is 20.7 Å². The number of carboxylic acids is 1. The van der Waals surface area contributed by atoms with Gasteiger partial charge < -0.3 is 15.5 Å². The van der Waals surface area contributed by atoms with Gasteiger partial charge in [-0.1, -0.05) is 11.6 Å². The molecule has 0 radical (unpaired) electrons. The quantitative estimate of drug-likeness (QED) is 0.813. The van der Waals surface area contributed by atoms with Gasteiger partial charge in [-0.05, 0) is 30.3 Å². The van der Waals surface area contributed by atoms with Crippen molar-refractivity contribution in [3.63, 3.8) is 0 Å². The first-order chi connectivity index (χ1) is 9.88. The van der Waals surface area contributed by atoms with E-state index in [-0.39, 0.29) is 27.6 Å². The van der Waals surface area contributed by atoms with Crippen molar-refractivity contribution in [2.75, 3.05) is 5.32 Å². The summed E-state index contributed by atoms with van der Waals surface area (Å²) in [5.41, 5.74) is -0.297. The molecule has 0 spiro atoms. The summed E-state index contributed by atoms with van der Waals surface area (Å²) in [6.07, 6.45) is 0. The van der Waals surface area contributed by atoms with E-state index in [0.29, 0.717) is 0 Å². The molecule has 0 aliphatic heterocycles. The minimum atomic E-state index is -1.24. The number of aromatic carboxylic acids is 1. The molecule has 3 N–H and O–H groups in total. The summed E-state index contributed by atoms with van der Waals surface area (Å²) in [5, 5.41) is 20.4. The zero-order chi connectivity index (χ0) is 15.6. The summed E-state index contributed by atoms with van der Waals surface area (Å²) in [5.74, 6) is -3.21. The fourth-order valence-corrected chi connectivity index (χ4v) is 1.85. The maximum Gasteiger partial charge on any atom is 0.337 e. The van der Waals surface area contributed by atoms with Crippen LogP contribution in [0.5, 0.6) is 5.75 Å². The SMILES string of the molecule is O=C(Nc1ccc(Cl)c(C(=O)O)c1)c1ccc(O)cc1F. The third-order valence-corrected chi connectivity index (χ3v) is 2.98. The number of carbonyl (C=O) groups excluding carboxylic acids is 1. The van der Waals surface area contributed by atoms with Gasteiger partial charge in [0.25, 0.3) is 5.91 Å². The maximum absolute atomic E-state index is 13.5. The number of carboxylic acid groups (broad SMARTS) is 1. The fourth-order valence-electron chi connectivity index (χ4n) is 1.65. The molecule has 0 aromatic heterocycles. The number of rotatable bonds is 3. The molecule has 5 nitrogen and oxygen atoms in total. The summed E-state index contributed by atoms with van der Waals surface area (Å²) in [6.45, 7) is 0. The number of phenols is 1. The Bertz CT molecular complexity index is 733. The molecular weight excluding hydrogens is 301 g/mol. The van der Waals surface area contributed by atoms with E-state index in [4.69, 9.17) is 21.8 Å². The minimum Gasteiger partial charge on any atom is -0.508 e. The largest absolute Gasteiger partial charge is 0.508 e. The Hall–Kier alpha value is -2.60. The average Bonchev–Trinajstić information content (AvgIpc) is 2.40. The van der Waals surface area contributed by atoms with Crippen LogP contribution in [-0.2, 0) is 0 Å². The summed E-state index contributed by atoms with van der Waals surface area (Å²) in [7, 11) is 0. The van der Waals surface area contributed by atoms with Gasteiger partial charge in [-0.25, -0.2) is 9.18 Å². The van der Waals surface area contributed by atoms with E-state index in [1.165, 1.54) is 24.3 Å². The van der Waals surface area contributed by atoms with Crippen molar-refractivity contribution in [2.24, 2.45) is 0 Å². The number of hydrogen-bond acceptors (Lipinski definition) is 3. The van der Waals surface area contributed by atoms with Gasteiger partial charge in [0.15, 0.2) is 0 Å². The van der Waals surface area contributed by atoms with Gasteiger partial charge in [-0.2, -0.15) is 0 Å². The van der Waals surface area contributed by atoms with Crippen molar-refractivity contribution >= 4 is 29.2 Å². The lowest BCUT2D eigenvalue weighted by Crippen LogP contribution is -2.14. The Morgan fingerprint density at radius 3 is 2.43 bits per heavy atom. The van der Waals surface area contributed by atoms with Crippen molar-refractivity contribution in [1.82, 2.24) is 0 Å². The molecule has 2 rings (SSSR count). The zero-order valence-corrected chi connectivity index (χ0v) is 11.2. The Balaban J connectivity index is 2.27. The Labute approximate surface area is 123 Å². The van der Waals surface area contributed by atoms with Gasteiger partial charge in [0.05, 0.1) is 16.1 Å². The second-order valence-electron chi connectivity index (χ2n) is 4.12. The molecule has 0 saturated heterocycles. The molecule has 108 valence electrons. The van der Waals surface area contributed by atoms with Crippen LogP contribution in [0.2, 0.25) is 5.02 Å². The van der Waals surface area contributed by atoms with Crippen molar-refractivity contribution in [3.05, 3.63) is 58.4 Å². The average molecular weight is 310 g/mol. The number of aromatic hydroxyl groups is 1. The highest BCUT2D eigenvalue weighted by Gasteiger charge is 2.14. The maximum atomic E-state index is 13.5. The lowest BCUT2D eigenvalue weighted by molar-refractivity contribution is 0.0696. The number of benzene rings is 2. The number of halogens is 2. The van der Waals surface area contributed by atoms with Crippen molar-refractivity contribution in [3.8, 4) is 5.75 Å². The van der Waals surface area contributed by atoms with Crippen LogP contribution >= 0.6 is 11.6 Å². The fraction of sp³-hybridized carbons (Fsp3) is 0. The molecule has 0 fully saturated rings. The van der Waals surface area contributed by atoms with Gasteiger partial charge >= 0.3 is 5.97 Å². The van der Waals surface area contributed by atoms with E-state index in [1.807, 2.05) is 0 Å². The summed E-state index contributed by atoms with van der Waals surface area (Å²) in [4.78, 5) is 22.8. The minimum absolute atomic E-state index is 0.0244. The van der Waals surface area contributed by atoms with Crippen molar-refractivity contribution in [2.45, 2.75) is 0 Å². The second kappa shape index (κ2) is 5.80. The Kier molecular flexibility index (Phi) is 4.09. The van der Waals surface area contributed by atoms with Gasteiger partial charge in [-0.3, -0.25) is 4.79 Å². The first-order valence-electron chi connectivity index (χ1n) is 5.71. The number of amides is 1. The van der Waals surface area contributed by atoms with E-state index in [0.717, 1.165) is 12.1 Å². The van der Waals surface area contributed by atoms with Gasteiger partial charge in [-0.15, -0.1) is 0 Å². The van der Waals surface area contributed by atoms with Gasteiger partial charge in [0.1, 0.15) is 11.6 Å². The molecule has 0 bridgehead atoms. The first kappa shape index (κ1) is 14.8. The molecule has 0 saturated carbocycles. The number of phenolic OH excluding ortho intramolecular Hbond substituents is 1. The van der Waals surface area contributed by atoms with Crippen LogP contribution in [0, 0.1) is 5.82 Å². The smallest absolute Gasteiger partial charge is 0.337 e. The topological polar surface area (TPSA) is 86.6 Å². The summed E-state index contributed by atoms with van der Waals surface area (Å²) in [6, 6.07) is 6.97. The highest BCUT2D eigenvalue weighted by molar-refractivity contribution is 6.33. The predicted octanol–water partition coefficient (Wildman–Crippen LogP) is 3.14. The van der Waals surface area contributed by atoms with Crippen molar-refractivity contribution < 1.29 is 24.2 Å². The van der Waals surface area contributed by atoms with Crippen LogP contribution in [-0.4, -0.2) is 22.1 Å². The third kappa shape index (κ3) is 3.29. The highest BCUT2D eigenvalue weighted by atomic mass is 35.5. The molecule has 0 aliphatic rings. The van der Waals surface area contributed by atoms with Crippen LogP contribution in [0.15, 0.2) is 36.4 Å². The number of hydrogen-bond donors (Lipinski definition) is 3. The van der Waals surface area contributed by atoms with E-state index in [1.54, 1.807) is 0 Å². The third-order valence-electron chi connectivity index (χ3n) is 2.65. The first-order valence-corrected chi connectivity index (χ1v) is 6.09. The Morgan fingerprint density at radius 2 is 1.81 bits per heavy atom. The van der Waals surface area contributed by atoms with Gasteiger partial charge in [0, 0.05) is 11.8 Å². The lowest BCUT2D eigenvalue weighted by atomic mass is 10.1.